The molecule has 5 heteroatoms. The molecule has 0 fully saturated rings. The molecule has 0 aromatic heterocycles. The number of aliphatic hydroxyl groups is 1. The van der Waals surface area contributed by atoms with E-state index in [1.165, 1.54) is 0 Å². The summed E-state index contributed by atoms with van der Waals surface area (Å²) in [4.78, 5) is 0. The third kappa shape index (κ3) is 4.96. The second-order valence-corrected chi connectivity index (χ2v) is 5.53. The van der Waals surface area contributed by atoms with Crippen molar-refractivity contribution in [3.8, 4) is 11.5 Å². The first-order valence-corrected chi connectivity index (χ1v) is 7.78. The fourth-order valence-electron chi connectivity index (χ4n) is 1.87. The van der Waals surface area contributed by atoms with Gasteiger partial charge >= 0.3 is 0 Å². The van der Waals surface area contributed by atoms with Gasteiger partial charge in [-0.1, -0.05) is 29.8 Å². The molecule has 0 bridgehead atoms. The summed E-state index contributed by atoms with van der Waals surface area (Å²) < 4.78 is 12.2. The third-order valence-electron chi connectivity index (χ3n) is 3.06. The summed E-state index contributed by atoms with van der Waals surface area (Å²) in [7, 11) is 1.64. The Morgan fingerprint density at radius 1 is 1.35 bits per heavy atom. The van der Waals surface area contributed by atoms with E-state index in [2.05, 4.69) is 28.2 Å². The van der Waals surface area contributed by atoms with Crippen LogP contribution in [0.3, 0.4) is 0 Å². The highest BCUT2D eigenvalue weighted by molar-refractivity contribution is 9.10. The van der Waals surface area contributed by atoms with Crippen LogP contribution in [-0.4, -0.2) is 31.5 Å². The molecule has 0 saturated carbocycles. The monoisotopic (exact) mass is 345 g/mol. The molecule has 1 aromatic rings. The van der Waals surface area contributed by atoms with Crippen LogP contribution in [0.1, 0.15) is 32.3 Å². The lowest BCUT2D eigenvalue weighted by Gasteiger charge is -2.18. The molecule has 0 radical (unpaired) electrons. The Balaban J connectivity index is 2.93. The smallest absolute Gasteiger partial charge is 0.165 e. The number of nitrogens with one attached hydrogen (secondary N) is 1. The van der Waals surface area contributed by atoms with Crippen molar-refractivity contribution in [1.82, 2.24) is 5.32 Å². The maximum Gasteiger partial charge on any atom is 0.165 e. The minimum absolute atomic E-state index is 0.0963. The predicted octanol–water partition coefficient (Wildman–Crippen LogP) is 3.11. The van der Waals surface area contributed by atoms with Gasteiger partial charge in [-0.05, 0) is 25.0 Å². The highest BCUT2D eigenvalue weighted by atomic mass is 79.9. The van der Waals surface area contributed by atoms with E-state index in [1.54, 1.807) is 7.11 Å². The average molecular weight is 346 g/mol. The van der Waals surface area contributed by atoms with Crippen LogP contribution in [-0.2, 0) is 6.54 Å². The van der Waals surface area contributed by atoms with Crippen LogP contribution < -0.4 is 14.8 Å². The molecular formula is C15H24BrNO3. The number of halogens is 1. The molecule has 20 heavy (non-hydrogen) atoms. The van der Waals surface area contributed by atoms with Crippen molar-refractivity contribution in [2.45, 2.75) is 39.3 Å². The summed E-state index contributed by atoms with van der Waals surface area (Å²) in [6, 6.07) is 4.02. The van der Waals surface area contributed by atoms with Crippen molar-refractivity contribution >= 4 is 15.9 Å². The minimum atomic E-state index is 0.0963. The van der Waals surface area contributed by atoms with E-state index in [0.29, 0.717) is 13.2 Å². The molecule has 0 aliphatic carbocycles. The molecule has 0 aliphatic heterocycles. The number of aliphatic hydroxyl groups excluding tert-OH is 1. The van der Waals surface area contributed by atoms with Crippen molar-refractivity contribution in [3.05, 3.63) is 22.2 Å². The number of ether oxygens (including phenoxy) is 2. The molecule has 0 heterocycles. The van der Waals surface area contributed by atoms with Gasteiger partial charge in [-0.2, -0.15) is 0 Å². The lowest BCUT2D eigenvalue weighted by Crippen LogP contribution is -2.31. The van der Waals surface area contributed by atoms with Gasteiger partial charge in [0.1, 0.15) is 0 Å². The highest BCUT2D eigenvalue weighted by Gasteiger charge is 2.14. The van der Waals surface area contributed by atoms with Crippen LogP contribution in [0.5, 0.6) is 11.5 Å². The molecular weight excluding hydrogens is 322 g/mol. The normalized spacial score (nSPS) is 12.2. The van der Waals surface area contributed by atoms with E-state index < -0.39 is 0 Å². The Morgan fingerprint density at radius 3 is 2.65 bits per heavy atom. The molecule has 4 nitrogen and oxygen atoms in total. The van der Waals surface area contributed by atoms with Crippen molar-refractivity contribution in [1.29, 1.82) is 0 Å². The number of rotatable bonds is 9. The SMILES string of the molecule is CCCOc1c(CNC(CC)CO)cc(Br)cc1OC. The largest absolute Gasteiger partial charge is 0.493 e. The zero-order valence-electron chi connectivity index (χ0n) is 12.4. The van der Waals surface area contributed by atoms with E-state index in [4.69, 9.17) is 9.47 Å². The molecule has 1 aromatic carbocycles. The number of methoxy groups -OCH3 is 1. The molecule has 2 N–H and O–H groups in total. The highest BCUT2D eigenvalue weighted by Crippen LogP contribution is 2.35. The zero-order chi connectivity index (χ0) is 15.0. The molecule has 1 atom stereocenters. The van der Waals surface area contributed by atoms with Crippen LogP contribution in [0.2, 0.25) is 0 Å². The summed E-state index contributed by atoms with van der Waals surface area (Å²) in [5.74, 6) is 1.50. The van der Waals surface area contributed by atoms with Gasteiger partial charge in [0.25, 0.3) is 0 Å². The van der Waals surface area contributed by atoms with Crippen LogP contribution in [0.25, 0.3) is 0 Å². The van der Waals surface area contributed by atoms with E-state index in [0.717, 1.165) is 34.4 Å². The predicted molar refractivity (Wildman–Crippen MR) is 84.5 cm³/mol. The number of hydrogen-bond acceptors (Lipinski definition) is 4. The minimum Gasteiger partial charge on any atom is -0.493 e. The second-order valence-electron chi connectivity index (χ2n) is 4.61. The van der Waals surface area contributed by atoms with Gasteiger partial charge in [-0.25, -0.2) is 0 Å². The van der Waals surface area contributed by atoms with Crippen molar-refractivity contribution in [2.75, 3.05) is 20.3 Å². The van der Waals surface area contributed by atoms with Crippen LogP contribution in [0.15, 0.2) is 16.6 Å². The Morgan fingerprint density at radius 2 is 2.10 bits per heavy atom. The van der Waals surface area contributed by atoms with E-state index in [-0.39, 0.29) is 12.6 Å². The lowest BCUT2D eigenvalue weighted by atomic mass is 10.1. The Bertz CT molecular complexity index is 408. The van der Waals surface area contributed by atoms with Crippen molar-refractivity contribution < 1.29 is 14.6 Å². The summed E-state index contributed by atoms with van der Waals surface area (Å²) >= 11 is 3.48. The lowest BCUT2D eigenvalue weighted by molar-refractivity contribution is 0.237. The fourth-order valence-corrected chi connectivity index (χ4v) is 2.35. The van der Waals surface area contributed by atoms with Crippen molar-refractivity contribution in [3.63, 3.8) is 0 Å². The summed E-state index contributed by atoms with van der Waals surface area (Å²) in [5, 5.41) is 12.6. The topological polar surface area (TPSA) is 50.7 Å². The van der Waals surface area contributed by atoms with E-state index >= 15 is 0 Å². The molecule has 1 rings (SSSR count). The molecule has 0 spiro atoms. The maximum atomic E-state index is 9.24. The third-order valence-corrected chi connectivity index (χ3v) is 3.52. The van der Waals surface area contributed by atoms with Gasteiger partial charge in [0.2, 0.25) is 0 Å². The molecule has 114 valence electrons. The van der Waals surface area contributed by atoms with Crippen LogP contribution in [0, 0.1) is 0 Å². The molecule has 0 amide bonds. The van der Waals surface area contributed by atoms with Crippen molar-refractivity contribution in [2.24, 2.45) is 0 Å². The van der Waals surface area contributed by atoms with Gasteiger partial charge < -0.3 is 19.9 Å². The van der Waals surface area contributed by atoms with Gasteiger partial charge in [0.05, 0.1) is 20.3 Å². The van der Waals surface area contributed by atoms with Gasteiger partial charge in [0.15, 0.2) is 11.5 Å². The molecule has 0 aliphatic rings. The maximum absolute atomic E-state index is 9.24. The van der Waals surface area contributed by atoms with Gasteiger partial charge in [0, 0.05) is 22.6 Å². The zero-order valence-corrected chi connectivity index (χ0v) is 14.0. The quantitative estimate of drug-likeness (QED) is 0.721. The van der Waals surface area contributed by atoms with Crippen LogP contribution >= 0.6 is 15.9 Å². The number of benzene rings is 1. The number of hydrogen-bond donors (Lipinski definition) is 2. The first kappa shape index (κ1) is 17.3. The molecule has 1 unspecified atom stereocenters. The first-order valence-electron chi connectivity index (χ1n) is 6.99. The fraction of sp³-hybridized carbons (Fsp3) is 0.600. The average Bonchev–Trinajstić information content (AvgIpc) is 2.46. The molecule has 0 saturated heterocycles. The Labute approximate surface area is 129 Å². The summed E-state index contributed by atoms with van der Waals surface area (Å²) in [6.07, 6.45) is 1.83. The first-order chi connectivity index (χ1) is 9.65. The van der Waals surface area contributed by atoms with E-state index in [9.17, 15) is 5.11 Å². The Kier molecular flexibility index (Phi) is 7.95. The second kappa shape index (κ2) is 9.21. The Hall–Kier alpha value is -0.780. The standard InChI is InChI=1S/C15H24BrNO3/c1-4-6-20-15-11(9-17-13(5-2)10-18)7-12(16)8-14(15)19-3/h7-8,13,17-18H,4-6,9-10H2,1-3H3. The van der Waals surface area contributed by atoms with Gasteiger partial charge in [-0.3, -0.25) is 0 Å². The van der Waals surface area contributed by atoms with Gasteiger partial charge in [-0.15, -0.1) is 0 Å². The summed E-state index contributed by atoms with van der Waals surface area (Å²) in [6.45, 7) is 5.54. The van der Waals surface area contributed by atoms with E-state index in [1.807, 2.05) is 19.1 Å². The van der Waals surface area contributed by atoms with Crippen LogP contribution in [0.4, 0.5) is 0 Å². The summed E-state index contributed by atoms with van der Waals surface area (Å²) in [5.41, 5.74) is 1.02.